The molecule has 0 bridgehead atoms. The van der Waals surface area contributed by atoms with Gasteiger partial charge in [-0.1, -0.05) is 0 Å². The molecule has 3 amide bonds. The molecular formula is C18H20F2N4O3. The van der Waals surface area contributed by atoms with Gasteiger partial charge in [-0.15, -0.1) is 0 Å². The van der Waals surface area contributed by atoms with Gasteiger partial charge in [0.05, 0.1) is 13.1 Å². The van der Waals surface area contributed by atoms with Gasteiger partial charge in [-0.3, -0.25) is 4.90 Å². The summed E-state index contributed by atoms with van der Waals surface area (Å²) >= 11 is 0. The molecule has 4 fully saturated rings. The Labute approximate surface area is 154 Å². The van der Waals surface area contributed by atoms with Crippen molar-refractivity contribution in [1.82, 2.24) is 20.0 Å². The van der Waals surface area contributed by atoms with Crippen molar-refractivity contribution >= 4 is 12.1 Å². The average Bonchev–Trinajstić information content (AvgIpc) is 2.87. The van der Waals surface area contributed by atoms with Crippen molar-refractivity contribution < 1.29 is 23.1 Å². The molecule has 2 spiro atoms. The molecule has 7 nitrogen and oxygen atoms in total. The highest BCUT2D eigenvalue weighted by Gasteiger charge is 2.57. The van der Waals surface area contributed by atoms with Crippen molar-refractivity contribution in [2.24, 2.45) is 5.41 Å². The van der Waals surface area contributed by atoms with E-state index in [1.54, 1.807) is 4.90 Å². The highest BCUT2D eigenvalue weighted by atomic mass is 19.1. The van der Waals surface area contributed by atoms with Crippen molar-refractivity contribution in [3.05, 3.63) is 35.4 Å². The van der Waals surface area contributed by atoms with Crippen LogP contribution in [0.25, 0.3) is 0 Å². The summed E-state index contributed by atoms with van der Waals surface area (Å²) in [5.41, 5.74) is 0.332. The van der Waals surface area contributed by atoms with E-state index >= 15 is 0 Å². The third-order valence-corrected chi connectivity index (χ3v) is 5.87. The normalized spacial score (nSPS) is 24.9. The van der Waals surface area contributed by atoms with Crippen LogP contribution in [0.15, 0.2) is 18.2 Å². The van der Waals surface area contributed by atoms with Gasteiger partial charge in [-0.25, -0.2) is 18.4 Å². The Hall–Kier alpha value is -2.42. The van der Waals surface area contributed by atoms with Gasteiger partial charge in [0, 0.05) is 44.2 Å². The number of urea groups is 1. The van der Waals surface area contributed by atoms with Gasteiger partial charge in [-0.05, 0) is 17.7 Å². The van der Waals surface area contributed by atoms with Crippen LogP contribution in [0, 0.1) is 17.0 Å². The lowest BCUT2D eigenvalue weighted by Gasteiger charge is -2.61. The summed E-state index contributed by atoms with van der Waals surface area (Å²) in [5, 5.41) is 2.77. The topological polar surface area (TPSA) is 65.1 Å². The van der Waals surface area contributed by atoms with Crippen LogP contribution in [0.1, 0.15) is 5.56 Å². The minimum Gasteiger partial charge on any atom is -0.447 e. The molecule has 1 aromatic carbocycles. The summed E-state index contributed by atoms with van der Waals surface area (Å²) in [7, 11) is 0. The number of ether oxygens (including phenoxy) is 1. The molecule has 4 aliphatic rings. The number of benzene rings is 1. The molecule has 9 heteroatoms. The maximum absolute atomic E-state index is 13.3. The average molecular weight is 378 g/mol. The number of cyclic esters (lactones) is 1. The van der Waals surface area contributed by atoms with E-state index in [0.29, 0.717) is 44.9 Å². The first kappa shape index (κ1) is 16.7. The van der Waals surface area contributed by atoms with Gasteiger partial charge in [-0.2, -0.15) is 0 Å². The van der Waals surface area contributed by atoms with Gasteiger partial charge >= 0.3 is 12.1 Å². The molecule has 144 valence electrons. The summed E-state index contributed by atoms with van der Waals surface area (Å²) in [4.78, 5) is 29.4. The number of rotatable bonds is 2. The van der Waals surface area contributed by atoms with Crippen molar-refractivity contribution in [2.45, 2.75) is 12.1 Å². The molecule has 4 heterocycles. The molecular weight excluding hydrogens is 358 g/mol. The standard InChI is InChI=1S/C18H20F2N4O3/c19-13-1-12(2-14(20)3-13)4-22-5-17(6-22)7-23(8-17)16(26)24-9-18(10-24)11-27-15(25)21-18/h1-3H,4-11H2,(H,21,25). The van der Waals surface area contributed by atoms with Crippen LogP contribution in [-0.4, -0.2) is 78.2 Å². The SMILES string of the molecule is O=C1NC2(CO1)CN(C(=O)N1CC3(CN(Cc4cc(F)cc(F)c4)C3)C1)C2. The van der Waals surface area contributed by atoms with Gasteiger partial charge in [0.2, 0.25) is 0 Å². The van der Waals surface area contributed by atoms with E-state index in [2.05, 4.69) is 10.2 Å². The van der Waals surface area contributed by atoms with Crippen molar-refractivity contribution in [2.75, 3.05) is 45.9 Å². The zero-order chi connectivity index (χ0) is 18.8. The Morgan fingerprint density at radius 3 is 2.26 bits per heavy atom. The second-order valence-corrected chi connectivity index (χ2v) is 8.40. The Morgan fingerprint density at radius 1 is 1.04 bits per heavy atom. The maximum Gasteiger partial charge on any atom is 0.407 e. The van der Waals surface area contributed by atoms with Crippen LogP contribution in [-0.2, 0) is 11.3 Å². The van der Waals surface area contributed by atoms with E-state index in [1.807, 2.05) is 4.90 Å². The molecule has 0 aromatic heterocycles. The van der Waals surface area contributed by atoms with Crippen LogP contribution in [0.5, 0.6) is 0 Å². The number of halogens is 2. The third kappa shape index (κ3) is 2.80. The van der Waals surface area contributed by atoms with Crippen molar-refractivity contribution in [3.8, 4) is 0 Å². The summed E-state index contributed by atoms with van der Waals surface area (Å²) < 4.78 is 31.5. The quantitative estimate of drug-likeness (QED) is 0.834. The molecule has 0 saturated carbocycles. The zero-order valence-electron chi connectivity index (χ0n) is 14.7. The maximum atomic E-state index is 13.3. The number of hydrogen-bond donors (Lipinski definition) is 1. The lowest BCUT2D eigenvalue weighted by molar-refractivity contribution is -0.107. The minimum absolute atomic E-state index is 0.00181. The van der Waals surface area contributed by atoms with Gasteiger partial charge in [0.1, 0.15) is 23.8 Å². The molecule has 0 aliphatic carbocycles. The molecule has 5 rings (SSSR count). The van der Waals surface area contributed by atoms with Crippen molar-refractivity contribution in [3.63, 3.8) is 0 Å². The predicted molar refractivity (Wildman–Crippen MR) is 89.8 cm³/mol. The second-order valence-electron chi connectivity index (χ2n) is 8.40. The van der Waals surface area contributed by atoms with E-state index in [-0.39, 0.29) is 11.4 Å². The number of likely N-dealkylation sites (tertiary alicyclic amines) is 3. The Bertz CT molecular complexity index is 793. The summed E-state index contributed by atoms with van der Waals surface area (Å²) in [5.74, 6) is -1.12. The number of hydrogen-bond acceptors (Lipinski definition) is 4. The number of carbonyl (C=O) groups is 2. The minimum atomic E-state index is -0.558. The van der Waals surface area contributed by atoms with Crippen LogP contribution in [0.2, 0.25) is 0 Å². The molecule has 4 saturated heterocycles. The van der Waals surface area contributed by atoms with E-state index in [9.17, 15) is 18.4 Å². The largest absolute Gasteiger partial charge is 0.447 e. The molecule has 4 aliphatic heterocycles. The fraction of sp³-hybridized carbons (Fsp3) is 0.556. The Kier molecular flexibility index (Phi) is 3.43. The number of nitrogens with zero attached hydrogens (tertiary/aromatic N) is 3. The summed E-state index contributed by atoms with van der Waals surface area (Å²) in [6.07, 6.45) is -0.419. The molecule has 0 radical (unpaired) electrons. The highest BCUT2D eigenvalue weighted by molar-refractivity contribution is 5.79. The molecule has 0 unspecified atom stereocenters. The molecule has 1 N–H and O–H groups in total. The van der Waals surface area contributed by atoms with Crippen LogP contribution < -0.4 is 5.32 Å². The van der Waals surface area contributed by atoms with Gasteiger partial charge in [0.15, 0.2) is 0 Å². The highest BCUT2D eigenvalue weighted by Crippen LogP contribution is 2.41. The fourth-order valence-corrected chi connectivity index (χ4v) is 4.76. The van der Waals surface area contributed by atoms with Gasteiger partial charge < -0.3 is 19.9 Å². The Morgan fingerprint density at radius 2 is 1.67 bits per heavy atom. The predicted octanol–water partition coefficient (Wildman–Crippen LogP) is 0.997. The van der Waals surface area contributed by atoms with Crippen molar-refractivity contribution in [1.29, 1.82) is 0 Å². The Balaban J connectivity index is 1.08. The summed E-state index contributed by atoms with van der Waals surface area (Å²) in [6, 6.07) is 3.59. The van der Waals surface area contributed by atoms with E-state index < -0.39 is 23.3 Å². The smallest absolute Gasteiger partial charge is 0.407 e. The summed E-state index contributed by atoms with van der Waals surface area (Å²) in [6.45, 7) is 4.84. The first-order valence-electron chi connectivity index (χ1n) is 9.00. The molecule has 1 aromatic rings. The first-order chi connectivity index (χ1) is 12.8. The van der Waals surface area contributed by atoms with E-state index in [1.165, 1.54) is 12.1 Å². The van der Waals surface area contributed by atoms with Gasteiger partial charge in [0.25, 0.3) is 0 Å². The number of amides is 3. The lowest BCUT2D eigenvalue weighted by Crippen LogP contribution is -2.77. The molecule has 27 heavy (non-hydrogen) atoms. The number of alkyl carbamates (subject to hydrolysis) is 1. The fourth-order valence-electron chi connectivity index (χ4n) is 4.76. The van der Waals surface area contributed by atoms with E-state index in [4.69, 9.17) is 4.74 Å². The monoisotopic (exact) mass is 378 g/mol. The van der Waals surface area contributed by atoms with Crippen LogP contribution in [0.4, 0.5) is 18.4 Å². The van der Waals surface area contributed by atoms with E-state index in [0.717, 1.165) is 19.2 Å². The first-order valence-corrected chi connectivity index (χ1v) is 9.00. The van der Waals surface area contributed by atoms with Crippen LogP contribution in [0.3, 0.4) is 0 Å². The number of nitrogens with one attached hydrogen (secondary N) is 1. The number of carbonyl (C=O) groups excluding carboxylic acids is 2. The van der Waals surface area contributed by atoms with Crippen LogP contribution >= 0.6 is 0 Å². The third-order valence-electron chi connectivity index (χ3n) is 5.87. The molecule has 0 atom stereocenters. The lowest BCUT2D eigenvalue weighted by atomic mass is 9.72. The zero-order valence-corrected chi connectivity index (χ0v) is 14.7. The second kappa shape index (κ2) is 5.54.